The zero-order chi connectivity index (χ0) is 15.0. The van der Waals surface area contributed by atoms with Gasteiger partial charge in [0.15, 0.2) is 9.84 Å². The summed E-state index contributed by atoms with van der Waals surface area (Å²) in [7, 11) is -6.86. The molecule has 0 bridgehead atoms. The van der Waals surface area contributed by atoms with E-state index in [1.807, 2.05) is 0 Å². The fourth-order valence-corrected chi connectivity index (χ4v) is 4.70. The Morgan fingerprint density at radius 2 is 1.90 bits per heavy atom. The standard InChI is InChI=1S/C10H13N3O4S3/c11-10(18)9-2-1-8(7-12-9)20(16,17)13-3-5-19(14,15)6-4-13/h1-2,7H,3-6H2,(H2,11,18). The predicted octanol–water partition coefficient (Wildman–Crippen LogP) is -0.865. The van der Waals surface area contributed by atoms with E-state index in [9.17, 15) is 16.8 Å². The number of hydrogen-bond acceptors (Lipinski definition) is 6. The minimum atomic E-state index is -3.73. The van der Waals surface area contributed by atoms with E-state index in [1.54, 1.807) is 0 Å². The second kappa shape index (κ2) is 5.35. The van der Waals surface area contributed by atoms with E-state index >= 15 is 0 Å². The number of rotatable bonds is 3. The van der Waals surface area contributed by atoms with Crippen molar-refractivity contribution in [1.29, 1.82) is 0 Å². The summed E-state index contributed by atoms with van der Waals surface area (Å²) < 4.78 is 48.4. The number of sulfonamides is 1. The first-order chi connectivity index (χ1) is 9.22. The highest BCUT2D eigenvalue weighted by Crippen LogP contribution is 2.17. The van der Waals surface area contributed by atoms with Gasteiger partial charge in [0.05, 0.1) is 17.2 Å². The van der Waals surface area contributed by atoms with Gasteiger partial charge in [-0.25, -0.2) is 16.8 Å². The molecule has 7 nitrogen and oxygen atoms in total. The molecule has 0 atom stereocenters. The maximum atomic E-state index is 12.3. The van der Waals surface area contributed by atoms with Crippen molar-refractivity contribution in [1.82, 2.24) is 9.29 Å². The van der Waals surface area contributed by atoms with Crippen LogP contribution in [0.2, 0.25) is 0 Å². The van der Waals surface area contributed by atoms with Gasteiger partial charge in [0.25, 0.3) is 0 Å². The minimum absolute atomic E-state index is 0.00296. The van der Waals surface area contributed by atoms with Crippen LogP contribution in [0.15, 0.2) is 23.2 Å². The Bertz CT molecular complexity index is 712. The molecular weight excluding hydrogens is 322 g/mol. The highest BCUT2D eigenvalue weighted by Gasteiger charge is 2.31. The second-order valence-electron chi connectivity index (χ2n) is 4.30. The molecule has 1 fully saturated rings. The molecule has 2 N–H and O–H groups in total. The molecule has 1 aromatic heterocycles. The lowest BCUT2D eigenvalue weighted by Gasteiger charge is -2.25. The molecule has 0 aliphatic carbocycles. The maximum absolute atomic E-state index is 12.3. The van der Waals surface area contributed by atoms with E-state index < -0.39 is 19.9 Å². The van der Waals surface area contributed by atoms with Crippen molar-refractivity contribution in [3.8, 4) is 0 Å². The molecule has 0 amide bonds. The number of nitrogens with two attached hydrogens (primary N) is 1. The first-order valence-corrected chi connectivity index (χ1v) is 9.36. The van der Waals surface area contributed by atoms with Crippen LogP contribution in [0.3, 0.4) is 0 Å². The van der Waals surface area contributed by atoms with Crippen molar-refractivity contribution in [2.24, 2.45) is 5.73 Å². The number of thiocarbonyl (C=S) groups is 1. The van der Waals surface area contributed by atoms with Crippen molar-refractivity contribution >= 4 is 37.1 Å². The van der Waals surface area contributed by atoms with Gasteiger partial charge < -0.3 is 5.73 Å². The van der Waals surface area contributed by atoms with Gasteiger partial charge in [-0.3, -0.25) is 4.98 Å². The molecule has 10 heteroatoms. The van der Waals surface area contributed by atoms with Crippen molar-refractivity contribution in [3.05, 3.63) is 24.0 Å². The van der Waals surface area contributed by atoms with Crippen molar-refractivity contribution < 1.29 is 16.8 Å². The van der Waals surface area contributed by atoms with E-state index in [1.165, 1.54) is 18.3 Å². The molecule has 110 valence electrons. The molecule has 0 aromatic carbocycles. The predicted molar refractivity (Wildman–Crippen MR) is 77.5 cm³/mol. The van der Waals surface area contributed by atoms with Gasteiger partial charge in [-0.05, 0) is 12.1 Å². The van der Waals surface area contributed by atoms with Crippen LogP contribution in [0.5, 0.6) is 0 Å². The van der Waals surface area contributed by atoms with Gasteiger partial charge in [0.2, 0.25) is 10.0 Å². The van der Waals surface area contributed by atoms with Gasteiger partial charge in [0, 0.05) is 19.3 Å². The normalized spacial score (nSPS) is 19.6. The highest BCUT2D eigenvalue weighted by atomic mass is 32.2. The Morgan fingerprint density at radius 1 is 1.30 bits per heavy atom. The fraction of sp³-hybridized carbons (Fsp3) is 0.400. The van der Waals surface area contributed by atoms with Crippen LogP contribution < -0.4 is 5.73 Å². The van der Waals surface area contributed by atoms with Gasteiger partial charge in [-0.15, -0.1) is 0 Å². The topological polar surface area (TPSA) is 110 Å². The highest BCUT2D eigenvalue weighted by molar-refractivity contribution is 7.92. The molecule has 0 saturated carbocycles. The number of hydrogen-bond donors (Lipinski definition) is 1. The molecule has 0 spiro atoms. The van der Waals surface area contributed by atoms with Gasteiger partial charge in [0.1, 0.15) is 9.88 Å². The van der Waals surface area contributed by atoms with Crippen LogP contribution in [0.4, 0.5) is 0 Å². The number of sulfone groups is 1. The quantitative estimate of drug-likeness (QED) is 0.715. The van der Waals surface area contributed by atoms with E-state index in [0.717, 1.165) is 4.31 Å². The summed E-state index contributed by atoms with van der Waals surface area (Å²) in [6.45, 7) is -0.0799. The van der Waals surface area contributed by atoms with Gasteiger partial charge >= 0.3 is 0 Å². The minimum Gasteiger partial charge on any atom is -0.388 e. The zero-order valence-corrected chi connectivity index (χ0v) is 12.8. The molecule has 2 heterocycles. The van der Waals surface area contributed by atoms with Gasteiger partial charge in [-0.2, -0.15) is 4.31 Å². The molecule has 1 aliphatic heterocycles. The smallest absolute Gasteiger partial charge is 0.244 e. The zero-order valence-electron chi connectivity index (χ0n) is 10.4. The summed E-state index contributed by atoms with van der Waals surface area (Å²) in [6, 6.07) is 2.79. The molecule has 1 aliphatic rings. The summed E-state index contributed by atoms with van der Waals surface area (Å²) in [5, 5.41) is 0. The number of aromatic nitrogens is 1. The summed E-state index contributed by atoms with van der Waals surface area (Å²) in [5.74, 6) is -0.324. The largest absolute Gasteiger partial charge is 0.388 e. The van der Waals surface area contributed by atoms with E-state index in [0.29, 0.717) is 5.69 Å². The van der Waals surface area contributed by atoms with Crippen LogP contribution in [0, 0.1) is 0 Å². The summed E-state index contributed by atoms with van der Waals surface area (Å²) >= 11 is 4.74. The lowest BCUT2D eigenvalue weighted by Crippen LogP contribution is -2.43. The number of nitrogens with zero attached hydrogens (tertiary/aromatic N) is 2. The van der Waals surface area contributed by atoms with E-state index in [-0.39, 0.29) is 34.5 Å². The summed E-state index contributed by atoms with van der Waals surface area (Å²) in [4.78, 5) is 3.96. The van der Waals surface area contributed by atoms with Crippen molar-refractivity contribution in [2.45, 2.75) is 4.90 Å². The van der Waals surface area contributed by atoms with Crippen molar-refractivity contribution in [3.63, 3.8) is 0 Å². The summed E-state index contributed by atoms with van der Waals surface area (Å²) in [6.07, 6.45) is 1.17. The molecule has 2 rings (SSSR count). The van der Waals surface area contributed by atoms with Crippen LogP contribution in [-0.4, -0.2) is 55.7 Å². The SMILES string of the molecule is NC(=S)c1ccc(S(=O)(=O)N2CCS(=O)(=O)CC2)cn1. The van der Waals surface area contributed by atoms with E-state index in [4.69, 9.17) is 18.0 Å². The lowest BCUT2D eigenvalue weighted by atomic mass is 10.3. The molecule has 20 heavy (non-hydrogen) atoms. The maximum Gasteiger partial charge on any atom is 0.244 e. The Labute approximate surface area is 122 Å². The molecular formula is C10H13N3O4S3. The molecule has 0 radical (unpaired) electrons. The molecule has 0 unspecified atom stereocenters. The van der Waals surface area contributed by atoms with Crippen LogP contribution in [0.25, 0.3) is 0 Å². The average molecular weight is 335 g/mol. The Morgan fingerprint density at radius 3 is 2.35 bits per heavy atom. The molecule has 1 aromatic rings. The Balaban J connectivity index is 2.25. The van der Waals surface area contributed by atoms with Crippen LogP contribution in [0.1, 0.15) is 5.69 Å². The Hall–Kier alpha value is -1.10. The summed E-state index contributed by atoms with van der Waals surface area (Å²) in [5.41, 5.74) is 5.72. The number of pyridine rings is 1. The first-order valence-electron chi connectivity index (χ1n) is 5.69. The second-order valence-corrected chi connectivity index (χ2v) is 8.98. The third-order valence-electron chi connectivity index (χ3n) is 2.93. The van der Waals surface area contributed by atoms with Crippen LogP contribution >= 0.6 is 12.2 Å². The third kappa shape index (κ3) is 3.14. The third-order valence-corrected chi connectivity index (χ3v) is 6.63. The first kappa shape index (κ1) is 15.3. The lowest BCUT2D eigenvalue weighted by molar-refractivity contribution is 0.430. The fourth-order valence-electron chi connectivity index (χ4n) is 1.76. The Kier molecular flexibility index (Phi) is 4.09. The molecule has 1 saturated heterocycles. The monoisotopic (exact) mass is 335 g/mol. The van der Waals surface area contributed by atoms with Crippen molar-refractivity contribution in [2.75, 3.05) is 24.6 Å². The van der Waals surface area contributed by atoms with Gasteiger partial charge in [-0.1, -0.05) is 12.2 Å². The average Bonchev–Trinajstić information content (AvgIpc) is 2.38. The van der Waals surface area contributed by atoms with E-state index in [2.05, 4.69) is 4.98 Å². The van der Waals surface area contributed by atoms with Crippen LogP contribution in [-0.2, 0) is 19.9 Å².